The van der Waals surface area contributed by atoms with Crippen LogP contribution in [0.1, 0.15) is 69.8 Å². The molecule has 2 atom stereocenters. The fraction of sp³-hybridized carbons (Fsp3) is 0.481. The third-order valence-electron chi connectivity index (χ3n) is 5.87. The molecule has 0 spiro atoms. The average Bonchev–Trinajstić information content (AvgIpc) is 2.67. The highest BCUT2D eigenvalue weighted by atomic mass is 16.6. The van der Waals surface area contributed by atoms with Crippen molar-refractivity contribution in [3.8, 4) is 5.75 Å². The Bertz CT molecular complexity index is 897. The third-order valence-corrected chi connectivity index (χ3v) is 5.87. The van der Waals surface area contributed by atoms with Crippen LogP contribution in [0.25, 0.3) is 0 Å². The van der Waals surface area contributed by atoms with E-state index in [-0.39, 0.29) is 23.3 Å². The van der Waals surface area contributed by atoms with Gasteiger partial charge >= 0.3 is 5.97 Å². The Morgan fingerprint density at radius 3 is 2.26 bits per heavy atom. The van der Waals surface area contributed by atoms with E-state index in [0.29, 0.717) is 23.7 Å². The Hall–Kier alpha value is -2.62. The molecule has 166 valence electrons. The molecule has 1 aliphatic rings. The van der Waals surface area contributed by atoms with Crippen LogP contribution in [0, 0.1) is 11.3 Å². The van der Waals surface area contributed by atoms with Gasteiger partial charge in [0, 0.05) is 12.0 Å². The van der Waals surface area contributed by atoms with Crippen LogP contribution >= 0.6 is 0 Å². The predicted molar refractivity (Wildman–Crippen MR) is 122 cm³/mol. The number of esters is 1. The van der Waals surface area contributed by atoms with Gasteiger partial charge in [-0.25, -0.2) is 4.79 Å². The van der Waals surface area contributed by atoms with Gasteiger partial charge in [-0.05, 0) is 74.3 Å². The molecule has 1 fully saturated rings. The van der Waals surface area contributed by atoms with Gasteiger partial charge in [-0.3, -0.25) is 4.79 Å². The first-order valence-corrected chi connectivity index (χ1v) is 11.1. The Balaban J connectivity index is 1.59. The third kappa shape index (κ3) is 6.43. The fourth-order valence-corrected chi connectivity index (χ4v) is 4.57. The molecule has 31 heavy (non-hydrogen) atoms. The molecule has 0 radical (unpaired) electrons. The van der Waals surface area contributed by atoms with Crippen molar-refractivity contribution < 1.29 is 19.1 Å². The zero-order valence-corrected chi connectivity index (χ0v) is 19.3. The van der Waals surface area contributed by atoms with Gasteiger partial charge in [0.15, 0.2) is 11.4 Å². The minimum atomic E-state index is -1.11. The Morgan fingerprint density at radius 1 is 1.00 bits per heavy atom. The number of carbonyl (C=O) groups is 2. The highest BCUT2D eigenvalue weighted by molar-refractivity contribution is 5.97. The van der Waals surface area contributed by atoms with Crippen LogP contribution in [0.2, 0.25) is 0 Å². The van der Waals surface area contributed by atoms with Gasteiger partial charge in [-0.2, -0.15) is 0 Å². The smallest absolute Gasteiger partial charge is 0.350 e. The summed E-state index contributed by atoms with van der Waals surface area (Å²) < 4.78 is 11.8. The first kappa shape index (κ1) is 23.1. The standard InChI is InChI=1S/C27H34O4/c1-19-15-23(18-26(2,3)17-19)30-25(29)27(4,5)31-22-13-11-21(12-14-22)24(28)16-20-9-7-6-8-10-20/h6-14,19,23H,15-18H2,1-5H3/t19-,23-/m0/s1. The van der Waals surface area contributed by atoms with Crippen LogP contribution in [0.4, 0.5) is 0 Å². The van der Waals surface area contributed by atoms with Crippen LogP contribution in [0.15, 0.2) is 54.6 Å². The number of rotatable bonds is 7. The topological polar surface area (TPSA) is 52.6 Å². The number of benzene rings is 2. The van der Waals surface area contributed by atoms with Gasteiger partial charge in [0.2, 0.25) is 0 Å². The first-order valence-electron chi connectivity index (χ1n) is 11.1. The number of carbonyl (C=O) groups excluding carboxylic acids is 2. The van der Waals surface area contributed by atoms with E-state index in [9.17, 15) is 9.59 Å². The molecule has 0 saturated heterocycles. The van der Waals surface area contributed by atoms with Gasteiger partial charge in [-0.1, -0.05) is 51.1 Å². The van der Waals surface area contributed by atoms with Gasteiger partial charge in [0.25, 0.3) is 0 Å². The molecule has 2 aromatic carbocycles. The van der Waals surface area contributed by atoms with E-state index < -0.39 is 5.60 Å². The number of hydrogen-bond donors (Lipinski definition) is 0. The second-order valence-corrected chi connectivity index (χ2v) is 10.2. The van der Waals surface area contributed by atoms with E-state index in [1.165, 1.54) is 0 Å². The van der Waals surface area contributed by atoms with Crippen LogP contribution in [0.5, 0.6) is 5.75 Å². The van der Waals surface area contributed by atoms with Gasteiger partial charge < -0.3 is 9.47 Å². The Labute approximate surface area is 186 Å². The lowest BCUT2D eigenvalue weighted by atomic mass is 9.71. The van der Waals surface area contributed by atoms with E-state index in [2.05, 4.69) is 20.8 Å². The number of ketones is 1. The molecule has 0 N–H and O–H groups in total. The highest BCUT2D eigenvalue weighted by Crippen LogP contribution is 2.40. The molecule has 1 aliphatic carbocycles. The molecular weight excluding hydrogens is 388 g/mol. The summed E-state index contributed by atoms with van der Waals surface area (Å²) >= 11 is 0. The zero-order chi connectivity index (χ0) is 22.6. The van der Waals surface area contributed by atoms with Crippen molar-refractivity contribution in [3.63, 3.8) is 0 Å². The van der Waals surface area contributed by atoms with Crippen molar-refractivity contribution in [2.45, 2.75) is 72.0 Å². The summed E-state index contributed by atoms with van der Waals surface area (Å²) in [4.78, 5) is 25.3. The predicted octanol–water partition coefficient (Wildman–Crippen LogP) is 6.03. The van der Waals surface area contributed by atoms with Crippen LogP contribution < -0.4 is 4.74 Å². The molecular formula is C27H34O4. The van der Waals surface area contributed by atoms with Gasteiger partial charge in [-0.15, -0.1) is 0 Å². The summed E-state index contributed by atoms with van der Waals surface area (Å²) in [5, 5.41) is 0. The van der Waals surface area contributed by atoms with Crippen molar-refractivity contribution in [1.29, 1.82) is 0 Å². The van der Waals surface area contributed by atoms with Gasteiger partial charge in [0.1, 0.15) is 11.9 Å². The second kappa shape index (κ2) is 9.25. The van der Waals surface area contributed by atoms with Crippen molar-refractivity contribution in [1.82, 2.24) is 0 Å². The summed E-state index contributed by atoms with van der Waals surface area (Å²) in [5.74, 6) is 0.763. The van der Waals surface area contributed by atoms with Crippen LogP contribution in [0.3, 0.4) is 0 Å². The maximum atomic E-state index is 12.8. The summed E-state index contributed by atoms with van der Waals surface area (Å²) in [6, 6.07) is 16.6. The van der Waals surface area contributed by atoms with Crippen LogP contribution in [-0.2, 0) is 16.0 Å². The summed E-state index contributed by atoms with van der Waals surface area (Å²) in [5.41, 5.74) is 0.669. The largest absolute Gasteiger partial charge is 0.476 e. The Kier molecular flexibility index (Phi) is 6.88. The molecule has 3 rings (SSSR count). The average molecular weight is 423 g/mol. The monoisotopic (exact) mass is 422 g/mol. The fourth-order valence-electron chi connectivity index (χ4n) is 4.57. The molecule has 0 bridgehead atoms. The molecule has 0 amide bonds. The maximum Gasteiger partial charge on any atom is 0.350 e. The van der Waals surface area contributed by atoms with Gasteiger partial charge in [0.05, 0.1) is 0 Å². The van der Waals surface area contributed by atoms with Crippen molar-refractivity contribution >= 4 is 11.8 Å². The lowest BCUT2D eigenvalue weighted by Crippen LogP contribution is -2.43. The lowest BCUT2D eigenvalue weighted by molar-refractivity contribution is -0.169. The summed E-state index contributed by atoms with van der Waals surface area (Å²) in [6.45, 7) is 10.1. The van der Waals surface area contributed by atoms with Crippen molar-refractivity contribution in [2.75, 3.05) is 0 Å². The molecule has 0 aliphatic heterocycles. The minimum absolute atomic E-state index is 0.0467. The lowest BCUT2D eigenvalue weighted by Gasteiger charge is -2.39. The zero-order valence-electron chi connectivity index (χ0n) is 19.3. The molecule has 2 aromatic rings. The van der Waals surface area contributed by atoms with E-state index in [1.54, 1.807) is 38.1 Å². The van der Waals surface area contributed by atoms with E-state index in [1.807, 2.05) is 30.3 Å². The summed E-state index contributed by atoms with van der Waals surface area (Å²) in [7, 11) is 0. The molecule has 0 unspecified atom stereocenters. The van der Waals surface area contributed by atoms with Crippen molar-refractivity contribution in [3.05, 3.63) is 65.7 Å². The van der Waals surface area contributed by atoms with Crippen molar-refractivity contribution in [2.24, 2.45) is 11.3 Å². The molecule has 4 heteroatoms. The number of ether oxygens (including phenoxy) is 2. The maximum absolute atomic E-state index is 12.8. The normalized spacial score (nSPS) is 20.7. The quantitative estimate of drug-likeness (QED) is 0.404. The molecule has 4 nitrogen and oxygen atoms in total. The first-order chi connectivity index (χ1) is 14.5. The number of Topliss-reactive ketones (excluding diaryl/α,β-unsaturated/α-hetero) is 1. The van der Waals surface area contributed by atoms with Crippen LogP contribution in [-0.4, -0.2) is 23.5 Å². The Morgan fingerprint density at radius 2 is 1.65 bits per heavy atom. The summed E-state index contributed by atoms with van der Waals surface area (Å²) in [6.07, 6.45) is 3.19. The minimum Gasteiger partial charge on any atom is -0.476 e. The molecule has 0 heterocycles. The van der Waals surface area contributed by atoms with E-state index in [4.69, 9.17) is 9.47 Å². The van der Waals surface area contributed by atoms with E-state index in [0.717, 1.165) is 24.8 Å². The van der Waals surface area contributed by atoms with E-state index >= 15 is 0 Å². The highest BCUT2D eigenvalue weighted by Gasteiger charge is 2.38. The molecule has 1 saturated carbocycles. The SMILES string of the molecule is C[C@H]1C[C@H](OC(=O)C(C)(C)Oc2ccc(C(=O)Cc3ccccc3)cc2)CC(C)(C)C1. The second-order valence-electron chi connectivity index (χ2n) is 10.2. The molecule has 0 aromatic heterocycles. The number of hydrogen-bond acceptors (Lipinski definition) is 4.